The summed E-state index contributed by atoms with van der Waals surface area (Å²) in [6.45, 7) is 8.05. The highest BCUT2D eigenvalue weighted by molar-refractivity contribution is 6.02. The van der Waals surface area contributed by atoms with Crippen LogP contribution in [-0.2, 0) is 4.79 Å². The number of pyridine rings is 2. The molecule has 0 aromatic carbocycles. The molecule has 188 valence electrons. The molecule has 5 rings (SSSR count). The van der Waals surface area contributed by atoms with Gasteiger partial charge in [-0.15, -0.1) is 0 Å². The third-order valence-corrected chi connectivity index (χ3v) is 6.70. The van der Waals surface area contributed by atoms with E-state index in [9.17, 15) is 15.2 Å². The minimum absolute atomic E-state index is 0.0641. The number of anilines is 1. The molecule has 0 bridgehead atoms. The van der Waals surface area contributed by atoms with Crippen molar-refractivity contribution in [2.45, 2.75) is 45.4 Å². The molecule has 10 nitrogen and oxygen atoms in total. The summed E-state index contributed by atoms with van der Waals surface area (Å²) in [5, 5.41) is 20.6. The van der Waals surface area contributed by atoms with Crippen molar-refractivity contribution in [2.75, 3.05) is 18.0 Å². The molecule has 4 aromatic rings. The summed E-state index contributed by atoms with van der Waals surface area (Å²) in [7, 11) is 0. The Bertz CT molecular complexity index is 1500. The second-order valence-electron chi connectivity index (χ2n) is 9.93. The molecule has 4 aromatic heterocycles. The predicted molar refractivity (Wildman–Crippen MR) is 139 cm³/mol. The number of hydrogen-bond acceptors (Lipinski definition) is 8. The number of carbonyl (C=O) groups is 1. The van der Waals surface area contributed by atoms with Crippen LogP contribution in [0.25, 0.3) is 28.0 Å². The van der Waals surface area contributed by atoms with Crippen LogP contribution in [0.1, 0.15) is 33.3 Å². The monoisotopic (exact) mass is 496 g/mol. The first-order valence-corrected chi connectivity index (χ1v) is 12.1. The van der Waals surface area contributed by atoms with Crippen LogP contribution >= 0.6 is 0 Å². The van der Waals surface area contributed by atoms with Crippen molar-refractivity contribution in [2.24, 2.45) is 0 Å². The lowest BCUT2D eigenvalue weighted by Gasteiger charge is -2.46. The second kappa shape index (κ2) is 9.26. The number of amides is 1. The molecule has 0 aliphatic carbocycles. The molecule has 1 saturated heterocycles. The van der Waals surface area contributed by atoms with E-state index >= 15 is 0 Å². The Kier molecular flexibility index (Phi) is 6.09. The van der Waals surface area contributed by atoms with Crippen LogP contribution in [0.4, 0.5) is 5.82 Å². The second-order valence-corrected chi connectivity index (χ2v) is 9.93. The molecule has 37 heavy (non-hydrogen) atoms. The minimum atomic E-state index is -1.44. The molecule has 2 atom stereocenters. The van der Waals surface area contributed by atoms with Crippen molar-refractivity contribution in [3.63, 3.8) is 0 Å². The molecule has 1 N–H and O–H groups in total. The summed E-state index contributed by atoms with van der Waals surface area (Å²) in [6, 6.07) is 9.20. The molecule has 1 aliphatic rings. The zero-order valence-corrected chi connectivity index (χ0v) is 21.2. The summed E-state index contributed by atoms with van der Waals surface area (Å²) in [4.78, 5) is 34.9. The smallest absolute Gasteiger partial charge is 0.254 e. The van der Waals surface area contributed by atoms with Crippen LogP contribution in [0, 0.1) is 11.3 Å². The van der Waals surface area contributed by atoms with E-state index in [0.29, 0.717) is 30.1 Å². The molecular formula is C27H28N8O2. The van der Waals surface area contributed by atoms with Gasteiger partial charge in [-0.3, -0.25) is 14.3 Å². The van der Waals surface area contributed by atoms with E-state index in [1.54, 1.807) is 35.6 Å². The van der Waals surface area contributed by atoms with E-state index < -0.39 is 5.60 Å². The topological polar surface area (TPSA) is 124 Å². The molecule has 0 unspecified atom stereocenters. The third kappa shape index (κ3) is 4.38. The number of nitrogens with zero attached hydrogens (tertiary/aromatic N) is 8. The predicted octanol–water partition coefficient (Wildman–Crippen LogP) is 2.95. The van der Waals surface area contributed by atoms with Gasteiger partial charge >= 0.3 is 0 Å². The largest absolute Gasteiger partial charge is 0.381 e. The lowest BCUT2D eigenvalue weighted by molar-refractivity contribution is -0.151. The molecular weight excluding hydrogens is 468 g/mol. The van der Waals surface area contributed by atoms with Gasteiger partial charge in [-0.1, -0.05) is 6.07 Å². The van der Waals surface area contributed by atoms with Gasteiger partial charge in [-0.2, -0.15) is 5.26 Å². The number of carbonyl (C=O) groups excluding carboxylic acids is 1. The summed E-state index contributed by atoms with van der Waals surface area (Å²) in [5.41, 5.74) is 1.50. The molecule has 1 aliphatic heterocycles. The van der Waals surface area contributed by atoms with Crippen LogP contribution in [0.15, 0.2) is 55.4 Å². The summed E-state index contributed by atoms with van der Waals surface area (Å²) < 4.78 is 1.87. The molecule has 10 heteroatoms. The number of aliphatic hydroxyl groups is 1. The first kappa shape index (κ1) is 24.3. The Hall–Kier alpha value is -4.36. The molecule has 0 radical (unpaired) electrons. The van der Waals surface area contributed by atoms with Crippen molar-refractivity contribution >= 4 is 22.8 Å². The third-order valence-electron chi connectivity index (χ3n) is 6.70. The Morgan fingerprint density at radius 3 is 2.65 bits per heavy atom. The highest BCUT2D eigenvalue weighted by Gasteiger charge is 2.39. The average Bonchev–Trinajstić information content (AvgIpc) is 3.29. The highest BCUT2D eigenvalue weighted by Crippen LogP contribution is 2.38. The van der Waals surface area contributed by atoms with Gasteiger partial charge in [-0.25, -0.2) is 15.0 Å². The molecule has 0 spiro atoms. The molecule has 1 fully saturated rings. The summed E-state index contributed by atoms with van der Waals surface area (Å²) >= 11 is 0. The standard InChI is InChI=1S/C27H28N8O2/c1-17-14-34(26(36)27(3,4)37)18(2)13-33(17)24-23-21(20-6-5-8-29-12-20)15-35(25(23)32-16-31-24)22-10-19(11-28)7-9-30-22/h5-10,12,15-18,37H,13-14H2,1-4H3/t17-,18+/m0/s1. The SMILES string of the molecule is C[C@@H]1CN(c2ncnc3c2c(-c2cccnc2)cn3-c2cc(C#N)ccn2)[C@@H](C)CN1C(=O)C(C)(C)O. The molecule has 5 heterocycles. The number of fused-ring (bicyclic) bond motifs is 1. The van der Waals surface area contributed by atoms with Gasteiger partial charge in [-0.05, 0) is 45.9 Å². The van der Waals surface area contributed by atoms with Crippen molar-refractivity contribution in [3.05, 3.63) is 60.9 Å². The van der Waals surface area contributed by atoms with Crippen molar-refractivity contribution < 1.29 is 9.90 Å². The fraction of sp³-hybridized carbons (Fsp3) is 0.333. The number of hydrogen-bond donors (Lipinski definition) is 1. The zero-order valence-electron chi connectivity index (χ0n) is 21.2. The zero-order chi connectivity index (χ0) is 26.3. The van der Waals surface area contributed by atoms with E-state index in [4.69, 9.17) is 4.98 Å². The van der Waals surface area contributed by atoms with Crippen molar-refractivity contribution in [1.29, 1.82) is 5.26 Å². The highest BCUT2D eigenvalue weighted by atomic mass is 16.3. The van der Waals surface area contributed by atoms with Gasteiger partial charge in [0.1, 0.15) is 23.6 Å². The Labute approximate surface area is 214 Å². The van der Waals surface area contributed by atoms with Gasteiger partial charge in [0, 0.05) is 61.1 Å². The normalized spacial score (nSPS) is 18.2. The van der Waals surface area contributed by atoms with Crippen LogP contribution < -0.4 is 4.90 Å². The Morgan fingerprint density at radius 1 is 1.14 bits per heavy atom. The van der Waals surface area contributed by atoms with Gasteiger partial charge in [0.05, 0.1) is 17.0 Å². The van der Waals surface area contributed by atoms with Crippen LogP contribution in [0.5, 0.6) is 0 Å². The quantitative estimate of drug-likeness (QED) is 0.457. The minimum Gasteiger partial charge on any atom is -0.381 e. The number of rotatable bonds is 4. The Balaban J connectivity index is 1.66. The van der Waals surface area contributed by atoms with Crippen molar-refractivity contribution in [1.82, 2.24) is 29.4 Å². The van der Waals surface area contributed by atoms with Crippen molar-refractivity contribution in [3.8, 4) is 23.0 Å². The van der Waals surface area contributed by atoms with Gasteiger partial charge < -0.3 is 14.9 Å². The fourth-order valence-electron chi connectivity index (χ4n) is 4.85. The van der Waals surface area contributed by atoms with Crippen LogP contribution in [0.2, 0.25) is 0 Å². The molecule has 0 saturated carbocycles. The summed E-state index contributed by atoms with van der Waals surface area (Å²) in [5.74, 6) is 1.03. The van der Waals surface area contributed by atoms with E-state index in [-0.39, 0.29) is 18.0 Å². The van der Waals surface area contributed by atoms with E-state index in [0.717, 1.165) is 22.3 Å². The number of piperazine rings is 1. The van der Waals surface area contributed by atoms with Crippen LogP contribution in [-0.4, -0.2) is 71.2 Å². The maximum Gasteiger partial charge on any atom is 0.254 e. The lowest BCUT2D eigenvalue weighted by Crippen LogP contribution is -2.61. The fourth-order valence-corrected chi connectivity index (χ4v) is 4.85. The van der Waals surface area contributed by atoms with E-state index in [1.165, 1.54) is 20.2 Å². The summed E-state index contributed by atoms with van der Waals surface area (Å²) in [6.07, 6.45) is 8.60. The maximum atomic E-state index is 12.9. The average molecular weight is 497 g/mol. The van der Waals surface area contributed by atoms with Gasteiger partial charge in [0.25, 0.3) is 5.91 Å². The number of nitriles is 1. The first-order chi connectivity index (χ1) is 17.7. The first-order valence-electron chi connectivity index (χ1n) is 12.1. The maximum absolute atomic E-state index is 12.9. The lowest BCUT2D eigenvalue weighted by atomic mass is 10.0. The number of aromatic nitrogens is 5. The van der Waals surface area contributed by atoms with E-state index in [2.05, 4.69) is 25.9 Å². The van der Waals surface area contributed by atoms with Crippen LogP contribution in [0.3, 0.4) is 0 Å². The van der Waals surface area contributed by atoms with Gasteiger partial charge in [0.15, 0.2) is 5.65 Å². The molecule has 1 amide bonds. The van der Waals surface area contributed by atoms with E-state index in [1.807, 2.05) is 36.7 Å². The Morgan fingerprint density at radius 2 is 1.95 bits per heavy atom. The van der Waals surface area contributed by atoms with Gasteiger partial charge in [0.2, 0.25) is 0 Å².